The zero-order valence-electron chi connectivity index (χ0n) is 30.2. The Hall–Kier alpha value is -4.94. The number of fused-ring (bicyclic) bond motifs is 3. The number of azide groups is 1. The molecule has 4 N–H and O–H groups in total. The van der Waals surface area contributed by atoms with Crippen molar-refractivity contribution in [1.29, 1.82) is 0 Å². The lowest BCUT2D eigenvalue weighted by Gasteiger charge is -2.56. The van der Waals surface area contributed by atoms with E-state index in [9.17, 15) is 40.0 Å². The summed E-state index contributed by atoms with van der Waals surface area (Å²) in [5.41, 5.74) is 6.27. The van der Waals surface area contributed by atoms with Crippen LogP contribution in [0.2, 0.25) is 0 Å². The molecule has 0 amide bonds. The third kappa shape index (κ3) is 6.73. The van der Waals surface area contributed by atoms with Crippen molar-refractivity contribution in [2.75, 3.05) is 26.8 Å². The topological polar surface area (TPSA) is 250 Å². The number of Topliss-reactive ketones (excluding diaryl/α,β-unsaturated/α-hetero) is 1. The van der Waals surface area contributed by atoms with E-state index in [0.717, 1.165) is 12.5 Å². The molecule has 7 rings (SSSR count). The summed E-state index contributed by atoms with van der Waals surface area (Å²) in [6.07, 6.45) is -6.86. The quantitative estimate of drug-likeness (QED) is 0.0472. The first-order chi connectivity index (χ1) is 26.2. The minimum absolute atomic E-state index is 0.0224. The highest BCUT2D eigenvalue weighted by Gasteiger charge is 2.52. The molecule has 0 spiro atoms. The van der Waals surface area contributed by atoms with Gasteiger partial charge in [-0.25, -0.2) is 0 Å². The molecular weight excluding hydrogens is 720 g/mol. The van der Waals surface area contributed by atoms with Gasteiger partial charge in [0.25, 0.3) is 0 Å². The third-order valence-corrected chi connectivity index (χ3v) is 11.1. The Morgan fingerprint density at radius 1 is 1.09 bits per heavy atom. The molecular formula is C38H40N4O13. The van der Waals surface area contributed by atoms with Crippen LogP contribution in [0.25, 0.3) is 10.4 Å². The highest BCUT2D eigenvalue weighted by atomic mass is 16.7. The van der Waals surface area contributed by atoms with Crippen LogP contribution < -0.4 is 4.74 Å². The van der Waals surface area contributed by atoms with Gasteiger partial charge in [-0.05, 0) is 31.0 Å². The van der Waals surface area contributed by atoms with Gasteiger partial charge in [-0.3, -0.25) is 14.4 Å². The van der Waals surface area contributed by atoms with E-state index in [2.05, 4.69) is 10.0 Å². The third-order valence-electron chi connectivity index (χ3n) is 11.1. The number of hydrogen-bond donors (Lipinski definition) is 4. The molecule has 17 heteroatoms. The fourth-order valence-electron chi connectivity index (χ4n) is 8.11. The van der Waals surface area contributed by atoms with Crippen molar-refractivity contribution >= 4 is 23.0 Å². The van der Waals surface area contributed by atoms with Crippen molar-refractivity contribution in [3.05, 3.63) is 97.1 Å². The fourth-order valence-corrected chi connectivity index (χ4v) is 8.11. The van der Waals surface area contributed by atoms with Crippen LogP contribution in [-0.4, -0.2) is 106 Å². The molecule has 1 unspecified atom stereocenters. The first kappa shape index (κ1) is 38.3. The predicted octanol–water partition coefficient (Wildman–Crippen LogP) is 3.90. The van der Waals surface area contributed by atoms with Gasteiger partial charge in [-0.1, -0.05) is 41.5 Å². The van der Waals surface area contributed by atoms with E-state index in [1.165, 1.54) is 25.3 Å². The average Bonchev–Trinajstić information content (AvgIpc) is 3.16. The van der Waals surface area contributed by atoms with Gasteiger partial charge < -0.3 is 54.0 Å². The first-order valence-corrected chi connectivity index (χ1v) is 17.7. The standard InChI is InChI=1S/C38H40N4O13/c1-18-33(44)24(42(50)11-12-52-28(16-42)53-17-20-7-9-21(10-8-20)40-41-39)13-27(54-18)55-26-15-38(49,19(2)43)14-23-30(26)37(48)32-31(35(23)46)34(45)22-5-4-6-25(51-3)29(22)36(32)47/h4-10,18,24,26-28,33,44,46,48-49H,11-17H2,1-3H3/t18-,24-,26-,27-,28+,33+,38-,42?/m0/s1. The van der Waals surface area contributed by atoms with E-state index in [1.807, 2.05) is 0 Å². The van der Waals surface area contributed by atoms with E-state index in [4.69, 9.17) is 29.2 Å². The number of aliphatic hydroxyl groups is 2. The van der Waals surface area contributed by atoms with Crippen molar-refractivity contribution < 1.29 is 63.1 Å². The maximum absolute atomic E-state index is 14.5. The van der Waals surface area contributed by atoms with Gasteiger partial charge in [0.1, 0.15) is 48.1 Å². The number of hydroxylamine groups is 3. The van der Waals surface area contributed by atoms with Crippen molar-refractivity contribution in [3.8, 4) is 17.2 Å². The van der Waals surface area contributed by atoms with Gasteiger partial charge in [0.2, 0.25) is 12.1 Å². The molecule has 17 nitrogen and oxygen atoms in total. The molecule has 3 aromatic carbocycles. The molecule has 8 atom stereocenters. The van der Waals surface area contributed by atoms with Crippen LogP contribution in [0.15, 0.2) is 47.6 Å². The van der Waals surface area contributed by atoms with Crippen LogP contribution in [-0.2, 0) is 36.8 Å². The van der Waals surface area contributed by atoms with Gasteiger partial charge in [0, 0.05) is 40.1 Å². The summed E-state index contributed by atoms with van der Waals surface area (Å²) in [5, 5.41) is 64.4. The Labute approximate surface area is 314 Å². The summed E-state index contributed by atoms with van der Waals surface area (Å²) in [4.78, 5) is 43.4. The second-order valence-corrected chi connectivity index (χ2v) is 14.4. The number of aliphatic hydroxyl groups excluding tert-OH is 1. The molecule has 2 aliphatic carbocycles. The highest BCUT2D eigenvalue weighted by Crippen LogP contribution is 2.52. The summed E-state index contributed by atoms with van der Waals surface area (Å²) < 4.78 is 28.5. The van der Waals surface area contributed by atoms with Gasteiger partial charge >= 0.3 is 0 Å². The number of phenols is 2. The van der Waals surface area contributed by atoms with Crippen LogP contribution in [0.4, 0.5) is 5.69 Å². The molecule has 2 saturated heterocycles. The van der Waals surface area contributed by atoms with E-state index in [1.54, 1.807) is 31.2 Å². The van der Waals surface area contributed by atoms with Crippen molar-refractivity contribution in [3.63, 3.8) is 0 Å². The first-order valence-electron chi connectivity index (χ1n) is 17.7. The molecule has 0 radical (unpaired) electrons. The number of ether oxygens (including phenoxy) is 5. The lowest BCUT2D eigenvalue weighted by molar-refractivity contribution is -0.926. The lowest BCUT2D eigenvalue weighted by Crippen LogP contribution is -2.67. The second-order valence-electron chi connectivity index (χ2n) is 14.4. The normalized spacial score (nSPS) is 30.1. The van der Waals surface area contributed by atoms with E-state index < -0.39 is 100.0 Å². The van der Waals surface area contributed by atoms with E-state index in [0.29, 0.717) is 5.69 Å². The van der Waals surface area contributed by atoms with Gasteiger partial charge in [-0.15, -0.1) is 0 Å². The van der Waals surface area contributed by atoms with Crippen LogP contribution >= 0.6 is 0 Å². The zero-order valence-corrected chi connectivity index (χ0v) is 30.2. The Morgan fingerprint density at radius 2 is 1.82 bits per heavy atom. The smallest absolute Gasteiger partial charge is 0.208 e. The average molecular weight is 761 g/mol. The van der Waals surface area contributed by atoms with Crippen molar-refractivity contribution in [1.82, 2.24) is 0 Å². The molecule has 4 aliphatic rings. The maximum atomic E-state index is 14.5. The zero-order chi connectivity index (χ0) is 39.4. The molecule has 0 bridgehead atoms. The fraction of sp³-hybridized carbons (Fsp3) is 0.447. The van der Waals surface area contributed by atoms with Gasteiger partial charge in [0.05, 0.1) is 55.6 Å². The number of morpholine rings is 1. The number of benzene rings is 3. The molecule has 0 saturated carbocycles. The SMILES string of the molecule is COc1cccc2c1C(=O)c1c(O)c3c(c(O)c1C2=O)C[C@@](O)(C(C)=O)C[C@@H]3O[C@H]1C[C@H]([N+]2([O-])CCO[C@H](OCc3ccc(N=[N+]=[N-])cc3)C2)[C@H](O)[C@H](C)O1. The number of carbonyl (C=O) groups is 3. The number of quaternary nitrogens is 1. The molecule has 0 aromatic heterocycles. The van der Waals surface area contributed by atoms with E-state index in [-0.39, 0.29) is 60.7 Å². The maximum Gasteiger partial charge on any atom is 0.208 e. The number of phenolic OH excluding ortho intramolecular Hbond substituents is 2. The number of methoxy groups -OCH3 is 1. The second kappa shape index (κ2) is 14.6. The van der Waals surface area contributed by atoms with E-state index >= 15 is 0 Å². The van der Waals surface area contributed by atoms with Crippen LogP contribution in [0.3, 0.4) is 0 Å². The molecule has 2 heterocycles. The lowest BCUT2D eigenvalue weighted by atomic mass is 9.72. The Balaban J connectivity index is 1.18. The largest absolute Gasteiger partial charge is 0.632 e. The number of hydrogen-bond acceptors (Lipinski definition) is 14. The van der Waals surface area contributed by atoms with Crippen LogP contribution in [0, 0.1) is 5.21 Å². The number of aromatic hydroxyl groups is 2. The number of nitrogens with zero attached hydrogens (tertiary/aromatic N) is 4. The summed E-state index contributed by atoms with van der Waals surface area (Å²) >= 11 is 0. The summed E-state index contributed by atoms with van der Waals surface area (Å²) in [5.74, 6) is -3.53. The van der Waals surface area contributed by atoms with Crippen molar-refractivity contribution in [2.45, 2.75) is 82.3 Å². The summed E-state index contributed by atoms with van der Waals surface area (Å²) in [6, 6.07) is 10.0. The Kier molecular flexibility index (Phi) is 10.2. The molecule has 2 aliphatic heterocycles. The van der Waals surface area contributed by atoms with Gasteiger partial charge in [-0.2, -0.15) is 0 Å². The predicted molar refractivity (Wildman–Crippen MR) is 189 cm³/mol. The van der Waals surface area contributed by atoms with Crippen molar-refractivity contribution in [2.24, 2.45) is 5.11 Å². The highest BCUT2D eigenvalue weighted by molar-refractivity contribution is 6.31. The Bertz CT molecular complexity index is 2100. The molecule has 55 heavy (non-hydrogen) atoms. The number of rotatable bonds is 9. The molecule has 290 valence electrons. The summed E-state index contributed by atoms with van der Waals surface area (Å²) in [6.45, 7) is 2.61. The molecule has 3 aromatic rings. The van der Waals surface area contributed by atoms with Crippen LogP contribution in [0.1, 0.15) is 81.3 Å². The minimum Gasteiger partial charge on any atom is -0.632 e. The molecule has 2 fully saturated rings. The van der Waals surface area contributed by atoms with Crippen LogP contribution in [0.5, 0.6) is 17.2 Å². The monoisotopic (exact) mass is 760 g/mol. The minimum atomic E-state index is -2.12. The number of carbonyl (C=O) groups excluding carboxylic acids is 3. The Morgan fingerprint density at radius 3 is 2.51 bits per heavy atom. The number of ketones is 3. The van der Waals surface area contributed by atoms with Gasteiger partial charge in [0.15, 0.2) is 17.9 Å². The summed E-state index contributed by atoms with van der Waals surface area (Å²) in [7, 11) is 1.32.